The quantitative estimate of drug-likeness (QED) is 0.409. The summed E-state index contributed by atoms with van der Waals surface area (Å²) in [6.07, 6.45) is 1.77. The van der Waals surface area contributed by atoms with E-state index < -0.39 is 11.9 Å². The van der Waals surface area contributed by atoms with Crippen molar-refractivity contribution in [2.24, 2.45) is 0 Å². The molecule has 0 aliphatic carbocycles. The number of aliphatic hydroxyl groups is 2. The summed E-state index contributed by atoms with van der Waals surface area (Å²) < 4.78 is 8.83. The lowest BCUT2D eigenvalue weighted by Gasteiger charge is -1.98. The Balaban J connectivity index is 3.68. The minimum absolute atomic E-state index is 0.116. The molecule has 0 amide bonds. The summed E-state index contributed by atoms with van der Waals surface area (Å²) in [6.45, 7) is -0.771. The average Bonchev–Trinajstić information content (AvgIpc) is 2.20. The second kappa shape index (κ2) is 8.21. The summed E-state index contributed by atoms with van der Waals surface area (Å²) in [4.78, 5) is 21.4. The van der Waals surface area contributed by atoms with Crippen molar-refractivity contribution in [3.63, 3.8) is 0 Å². The fraction of sp³-hybridized carbons (Fsp3) is 0.500. The molecule has 0 spiro atoms. The molecule has 0 saturated heterocycles. The van der Waals surface area contributed by atoms with E-state index in [1.54, 1.807) is 0 Å². The van der Waals surface area contributed by atoms with Gasteiger partial charge in [0.25, 0.3) is 0 Å². The van der Waals surface area contributed by atoms with Gasteiger partial charge >= 0.3 is 11.9 Å². The summed E-state index contributed by atoms with van der Waals surface area (Å²) in [5.74, 6) is -1.47. The highest BCUT2D eigenvalue weighted by Crippen LogP contribution is 1.85. The van der Waals surface area contributed by atoms with Crippen LogP contribution in [-0.2, 0) is 19.1 Å². The third kappa shape index (κ3) is 7.26. The van der Waals surface area contributed by atoms with Crippen LogP contribution in [0.1, 0.15) is 0 Å². The Labute approximate surface area is 80.7 Å². The SMILES string of the molecule is O=C(/C=C/C(=O)OCCO)OCCO. The maximum atomic E-state index is 10.7. The van der Waals surface area contributed by atoms with Crippen LogP contribution in [0.25, 0.3) is 0 Å². The smallest absolute Gasteiger partial charge is 0.331 e. The molecule has 0 aliphatic rings. The molecule has 0 saturated carbocycles. The fourth-order valence-corrected chi connectivity index (χ4v) is 0.525. The molecule has 6 heteroatoms. The summed E-state index contributed by atoms with van der Waals surface area (Å²) in [7, 11) is 0. The highest BCUT2D eigenvalue weighted by Gasteiger charge is 1.99. The molecule has 0 atom stereocenters. The summed E-state index contributed by atoms with van der Waals surface area (Å²) in [6, 6.07) is 0. The van der Waals surface area contributed by atoms with Gasteiger partial charge in [-0.2, -0.15) is 0 Å². The lowest BCUT2D eigenvalue weighted by Crippen LogP contribution is -2.08. The predicted molar refractivity (Wildman–Crippen MR) is 45.2 cm³/mol. The van der Waals surface area contributed by atoms with Crippen LogP contribution in [-0.4, -0.2) is 48.6 Å². The zero-order valence-electron chi connectivity index (χ0n) is 7.51. The first-order valence-corrected chi connectivity index (χ1v) is 3.94. The van der Waals surface area contributed by atoms with Gasteiger partial charge in [0.05, 0.1) is 13.2 Å². The molecule has 0 aromatic rings. The minimum atomic E-state index is -0.736. The van der Waals surface area contributed by atoms with Crippen molar-refractivity contribution in [3.05, 3.63) is 12.2 Å². The Bertz CT molecular complexity index is 188. The van der Waals surface area contributed by atoms with Gasteiger partial charge in [-0.05, 0) is 0 Å². The van der Waals surface area contributed by atoms with E-state index in [0.717, 1.165) is 12.2 Å². The van der Waals surface area contributed by atoms with E-state index in [2.05, 4.69) is 9.47 Å². The van der Waals surface area contributed by atoms with E-state index in [0.29, 0.717) is 0 Å². The maximum Gasteiger partial charge on any atom is 0.331 e. The molecule has 0 aromatic heterocycles. The van der Waals surface area contributed by atoms with Crippen molar-refractivity contribution in [2.75, 3.05) is 26.4 Å². The zero-order chi connectivity index (χ0) is 10.8. The normalized spacial score (nSPS) is 10.1. The van der Waals surface area contributed by atoms with Gasteiger partial charge in [0.2, 0.25) is 0 Å². The van der Waals surface area contributed by atoms with Crippen molar-refractivity contribution in [2.45, 2.75) is 0 Å². The summed E-state index contributed by atoms with van der Waals surface area (Å²) in [5, 5.41) is 16.6. The summed E-state index contributed by atoms with van der Waals surface area (Å²) >= 11 is 0. The first-order chi connectivity index (χ1) is 6.70. The van der Waals surface area contributed by atoms with E-state index >= 15 is 0 Å². The van der Waals surface area contributed by atoms with Crippen LogP contribution in [0.3, 0.4) is 0 Å². The molecule has 6 nitrogen and oxygen atoms in total. The van der Waals surface area contributed by atoms with E-state index in [-0.39, 0.29) is 26.4 Å². The number of hydrogen-bond acceptors (Lipinski definition) is 6. The van der Waals surface area contributed by atoms with Gasteiger partial charge in [0.15, 0.2) is 0 Å². The van der Waals surface area contributed by atoms with Gasteiger partial charge in [-0.1, -0.05) is 0 Å². The average molecular weight is 204 g/mol. The fourth-order valence-electron chi connectivity index (χ4n) is 0.525. The minimum Gasteiger partial charge on any atom is -0.460 e. The molecule has 0 aliphatic heterocycles. The number of carbonyl (C=O) groups excluding carboxylic acids is 2. The van der Waals surface area contributed by atoms with Crippen LogP contribution >= 0.6 is 0 Å². The topological polar surface area (TPSA) is 93.1 Å². The molecule has 0 radical (unpaired) electrons. The molecule has 14 heavy (non-hydrogen) atoms. The lowest BCUT2D eigenvalue weighted by atomic mass is 10.5. The van der Waals surface area contributed by atoms with Gasteiger partial charge in [-0.15, -0.1) is 0 Å². The first-order valence-electron chi connectivity index (χ1n) is 3.94. The molecule has 2 N–H and O–H groups in total. The van der Waals surface area contributed by atoms with Crippen LogP contribution in [0.15, 0.2) is 12.2 Å². The van der Waals surface area contributed by atoms with Gasteiger partial charge in [0, 0.05) is 12.2 Å². The monoisotopic (exact) mass is 204 g/mol. The zero-order valence-corrected chi connectivity index (χ0v) is 7.51. The van der Waals surface area contributed by atoms with Crippen molar-refractivity contribution < 1.29 is 29.3 Å². The third-order valence-electron chi connectivity index (χ3n) is 1.03. The van der Waals surface area contributed by atoms with Crippen LogP contribution in [0.2, 0.25) is 0 Å². The number of ether oxygens (including phenoxy) is 2. The largest absolute Gasteiger partial charge is 0.460 e. The molecule has 0 fully saturated rings. The highest BCUT2D eigenvalue weighted by molar-refractivity contribution is 5.91. The molecule has 0 rings (SSSR count). The van der Waals surface area contributed by atoms with Crippen molar-refractivity contribution in [1.82, 2.24) is 0 Å². The van der Waals surface area contributed by atoms with E-state index in [1.165, 1.54) is 0 Å². The highest BCUT2D eigenvalue weighted by atomic mass is 16.5. The van der Waals surface area contributed by atoms with E-state index in [9.17, 15) is 9.59 Å². The molecule has 0 heterocycles. The number of aliphatic hydroxyl groups excluding tert-OH is 2. The van der Waals surface area contributed by atoms with Crippen LogP contribution in [0.5, 0.6) is 0 Å². The molecule has 0 bridgehead atoms. The first kappa shape index (κ1) is 12.6. The van der Waals surface area contributed by atoms with Gasteiger partial charge in [0.1, 0.15) is 13.2 Å². The lowest BCUT2D eigenvalue weighted by molar-refractivity contribution is -0.141. The van der Waals surface area contributed by atoms with Gasteiger partial charge in [-0.25, -0.2) is 9.59 Å². The van der Waals surface area contributed by atoms with Gasteiger partial charge < -0.3 is 19.7 Å². The Morgan fingerprint density at radius 1 is 0.929 bits per heavy atom. The summed E-state index contributed by atoms with van der Waals surface area (Å²) in [5.41, 5.74) is 0. The van der Waals surface area contributed by atoms with Crippen molar-refractivity contribution >= 4 is 11.9 Å². The third-order valence-corrected chi connectivity index (χ3v) is 1.03. The number of rotatable bonds is 6. The number of esters is 2. The Morgan fingerprint density at radius 2 is 1.29 bits per heavy atom. The van der Waals surface area contributed by atoms with Crippen LogP contribution in [0.4, 0.5) is 0 Å². The standard InChI is InChI=1S/C8H12O6/c9-3-5-13-7(11)1-2-8(12)14-6-4-10/h1-2,9-10H,3-6H2/b2-1+. The van der Waals surface area contributed by atoms with E-state index in [4.69, 9.17) is 10.2 Å². The van der Waals surface area contributed by atoms with E-state index in [1.807, 2.05) is 0 Å². The Morgan fingerprint density at radius 3 is 1.57 bits per heavy atom. The maximum absolute atomic E-state index is 10.7. The number of carbonyl (C=O) groups is 2. The predicted octanol–water partition coefficient (Wildman–Crippen LogP) is -1.39. The Hall–Kier alpha value is -1.40. The van der Waals surface area contributed by atoms with Crippen LogP contribution < -0.4 is 0 Å². The van der Waals surface area contributed by atoms with Gasteiger partial charge in [-0.3, -0.25) is 0 Å². The second-order valence-corrected chi connectivity index (χ2v) is 2.12. The van der Waals surface area contributed by atoms with Crippen molar-refractivity contribution in [1.29, 1.82) is 0 Å². The van der Waals surface area contributed by atoms with Crippen molar-refractivity contribution in [3.8, 4) is 0 Å². The molecular weight excluding hydrogens is 192 g/mol. The molecule has 0 aromatic carbocycles. The molecule has 0 unspecified atom stereocenters. The molecular formula is C8H12O6. The Kier molecular flexibility index (Phi) is 7.39. The number of hydrogen-bond donors (Lipinski definition) is 2. The second-order valence-electron chi connectivity index (χ2n) is 2.12. The molecule has 80 valence electrons. The van der Waals surface area contributed by atoms with Crippen LogP contribution in [0, 0.1) is 0 Å².